The zero-order chi connectivity index (χ0) is 13.2. The van der Waals surface area contributed by atoms with Gasteiger partial charge in [-0.05, 0) is 36.2 Å². The van der Waals surface area contributed by atoms with Crippen LogP contribution >= 0.6 is 15.9 Å². The number of halogens is 2. The minimum absolute atomic E-state index is 0.294. The monoisotopic (exact) mass is 308 g/mol. The maximum Gasteiger partial charge on any atom is 0.123 e. The average Bonchev–Trinajstić information content (AvgIpc) is 2.35. The SMILES string of the molecule is CC(O)(Cc1cc(F)ccc1Br)c1ccccc1. The highest BCUT2D eigenvalue weighted by Crippen LogP contribution is 2.29. The van der Waals surface area contributed by atoms with Crippen molar-refractivity contribution in [2.75, 3.05) is 0 Å². The molecule has 0 bridgehead atoms. The Labute approximate surface area is 114 Å². The van der Waals surface area contributed by atoms with E-state index in [1.54, 1.807) is 13.0 Å². The van der Waals surface area contributed by atoms with E-state index in [9.17, 15) is 9.50 Å². The molecule has 1 nitrogen and oxygen atoms in total. The lowest BCUT2D eigenvalue weighted by molar-refractivity contribution is 0.0574. The molecule has 1 atom stereocenters. The smallest absolute Gasteiger partial charge is 0.123 e. The first-order valence-corrected chi connectivity index (χ1v) is 6.50. The zero-order valence-corrected chi connectivity index (χ0v) is 11.6. The molecule has 2 aromatic carbocycles. The molecule has 0 saturated heterocycles. The lowest BCUT2D eigenvalue weighted by Crippen LogP contribution is -2.24. The van der Waals surface area contributed by atoms with Gasteiger partial charge in [0, 0.05) is 10.9 Å². The summed E-state index contributed by atoms with van der Waals surface area (Å²) < 4.78 is 14.0. The van der Waals surface area contributed by atoms with Crippen molar-refractivity contribution in [3.8, 4) is 0 Å². The molecule has 1 unspecified atom stereocenters. The van der Waals surface area contributed by atoms with Gasteiger partial charge in [0.2, 0.25) is 0 Å². The predicted octanol–water partition coefficient (Wildman–Crippen LogP) is 4.04. The van der Waals surface area contributed by atoms with E-state index >= 15 is 0 Å². The molecule has 18 heavy (non-hydrogen) atoms. The van der Waals surface area contributed by atoms with Crippen molar-refractivity contribution < 1.29 is 9.50 Å². The van der Waals surface area contributed by atoms with Gasteiger partial charge in [-0.15, -0.1) is 0 Å². The number of hydrogen-bond acceptors (Lipinski definition) is 1. The van der Waals surface area contributed by atoms with Crippen LogP contribution in [0, 0.1) is 5.82 Å². The highest BCUT2D eigenvalue weighted by atomic mass is 79.9. The van der Waals surface area contributed by atoms with Gasteiger partial charge in [-0.25, -0.2) is 4.39 Å². The fourth-order valence-corrected chi connectivity index (χ4v) is 2.34. The first kappa shape index (κ1) is 13.2. The van der Waals surface area contributed by atoms with Crippen LogP contribution < -0.4 is 0 Å². The van der Waals surface area contributed by atoms with Crippen LogP contribution in [0.5, 0.6) is 0 Å². The van der Waals surface area contributed by atoms with Crippen molar-refractivity contribution in [2.24, 2.45) is 0 Å². The van der Waals surface area contributed by atoms with Crippen molar-refractivity contribution in [3.63, 3.8) is 0 Å². The quantitative estimate of drug-likeness (QED) is 0.907. The summed E-state index contributed by atoms with van der Waals surface area (Å²) >= 11 is 3.38. The first-order chi connectivity index (χ1) is 8.49. The van der Waals surface area contributed by atoms with Gasteiger partial charge < -0.3 is 5.11 Å². The third-order valence-corrected chi connectivity index (χ3v) is 3.71. The van der Waals surface area contributed by atoms with Crippen LogP contribution in [-0.4, -0.2) is 5.11 Å². The summed E-state index contributed by atoms with van der Waals surface area (Å²) in [5.41, 5.74) is 0.558. The van der Waals surface area contributed by atoms with E-state index in [-0.39, 0.29) is 5.82 Å². The summed E-state index contributed by atoms with van der Waals surface area (Å²) in [6.45, 7) is 1.74. The highest BCUT2D eigenvalue weighted by Gasteiger charge is 2.24. The number of hydrogen-bond donors (Lipinski definition) is 1. The lowest BCUT2D eigenvalue weighted by atomic mass is 9.89. The number of benzene rings is 2. The van der Waals surface area contributed by atoms with E-state index < -0.39 is 5.60 Å². The number of rotatable bonds is 3. The summed E-state index contributed by atoms with van der Waals surface area (Å²) in [5.74, 6) is -0.294. The summed E-state index contributed by atoms with van der Waals surface area (Å²) in [5, 5.41) is 10.5. The van der Waals surface area contributed by atoms with Gasteiger partial charge in [-0.1, -0.05) is 46.3 Å². The molecular weight excluding hydrogens is 295 g/mol. The molecule has 3 heteroatoms. The van der Waals surface area contributed by atoms with Crippen LogP contribution in [0.25, 0.3) is 0 Å². The molecule has 2 aromatic rings. The Hall–Kier alpha value is -1.19. The van der Waals surface area contributed by atoms with Gasteiger partial charge in [-0.2, -0.15) is 0 Å². The second-order valence-corrected chi connectivity index (χ2v) is 5.41. The minimum atomic E-state index is -1.02. The molecule has 0 radical (unpaired) electrons. The van der Waals surface area contributed by atoms with Gasteiger partial charge in [0.25, 0.3) is 0 Å². The topological polar surface area (TPSA) is 20.2 Å². The molecule has 1 N–H and O–H groups in total. The van der Waals surface area contributed by atoms with E-state index in [0.717, 1.165) is 15.6 Å². The van der Waals surface area contributed by atoms with Crippen LogP contribution in [0.4, 0.5) is 4.39 Å². The molecule has 0 fully saturated rings. The van der Waals surface area contributed by atoms with Crippen molar-refractivity contribution >= 4 is 15.9 Å². The highest BCUT2D eigenvalue weighted by molar-refractivity contribution is 9.10. The fourth-order valence-electron chi connectivity index (χ4n) is 1.95. The lowest BCUT2D eigenvalue weighted by Gasteiger charge is -2.24. The summed E-state index contributed by atoms with van der Waals surface area (Å²) in [6.07, 6.45) is 0.357. The van der Waals surface area contributed by atoms with E-state index in [4.69, 9.17) is 0 Å². The average molecular weight is 309 g/mol. The Morgan fingerprint density at radius 3 is 2.50 bits per heavy atom. The molecule has 0 saturated carbocycles. The first-order valence-electron chi connectivity index (χ1n) is 5.71. The molecule has 0 aromatic heterocycles. The normalized spacial score (nSPS) is 14.2. The van der Waals surface area contributed by atoms with Crippen LogP contribution in [-0.2, 0) is 12.0 Å². The maximum atomic E-state index is 13.2. The molecule has 0 aliphatic rings. The summed E-state index contributed by atoms with van der Waals surface area (Å²) in [6, 6.07) is 13.9. The molecule has 94 valence electrons. The minimum Gasteiger partial charge on any atom is -0.385 e. The maximum absolute atomic E-state index is 13.2. The summed E-state index contributed by atoms with van der Waals surface area (Å²) in [4.78, 5) is 0. The van der Waals surface area contributed by atoms with Crippen LogP contribution in [0.2, 0.25) is 0 Å². The van der Waals surface area contributed by atoms with Crippen LogP contribution in [0.3, 0.4) is 0 Å². The Morgan fingerprint density at radius 2 is 1.83 bits per heavy atom. The van der Waals surface area contributed by atoms with E-state index in [2.05, 4.69) is 15.9 Å². The van der Waals surface area contributed by atoms with Gasteiger partial charge in [0.05, 0.1) is 5.60 Å². The van der Waals surface area contributed by atoms with Crippen molar-refractivity contribution in [3.05, 3.63) is 69.9 Å². The Balaban J connectivity index is 2.30. The molecule has 0 aliphatic carbocycles. The Bertz CT molecular complexity index is 537. The fraction of sp³-hybridized carbons (Fsp3) is 0.200. The van der Waals surface area contributed by atoms with Gasteiger partial charge in [0.15, 0.2) is 0 Å². The summed E-state index contributed by atoms with van der Waals surface area (Å²) in [7, 11) is 0. The van der Waals surface area contributed by atoms with Gasteiger partial charge in [-0.3, -0.25) is 0 Å². The molecular formula is C15H14BrFO. The van der Waals surface area contributed by atoms with Gasteiger partial charge >= 0.3 is 0 Å². The van der Waals surface area contributed by atoms with Crippen molar-refractivity contribution in [1.29, 1.82) is 0 Å². The Kier molecular flexibility index (Phi) is 3.83. The van der Waals surface area contributed by atoms with Crippen LogP contribution in [0.1, 0.15) is 18.1 Å². The second-order valence-electron chi connectivity index (χ2n) is 4.55. The third-order valence-electron chi connectivity index (χ3n) is 2.94. The predicted molar refractivity (Wildman–Crippen MR) is 73.8 cm³/mol. The van der Waals surface area contributed by atoms with E-state index in [1.807, 2.05) is 30.3 Å². The molecule has 0 heterocycles. The largest absolute Gasteiger partial charge is 0.385 e. The van der Waals surface area contributed by atoms with Crippen molar-refractivity contribution in [1.82, 2.24) is 0 Å². The van der Waals surface area contributed by atoms with Gasteiger partial charge in [0.1, 0.15) is 5.82 Å². The van der Waals surface area contributed by atoms with E-state index in [0.29, 0.717) is 6.42 Å². The molecule has 0 aliphatic heterocycles. The van der Waals surface area contributed by atoms with Crippen LogP contribution in [0.15, 0.2) is 53.0 Å². The molecule has 0 spiro atoms. The molecule has 0 amide bonds. The zero-order valence-electron chi connectivity index (χ0n) is 10.0. The number of aliphatic hydroxyl groups is 1. The standard InChI is InChI=1S/C15H14BrFO/c1-15(18,12-5-3-2-4-6-12)10-11-9-13(17)7-8-14(11)16/h2-9,18H,10H2,1H3. The molecule has 2 rings (SSSR count). The second kappa shape index (κ2) is 5.21. The van der Waals surface area contributed by atoms with Crippen molar-refractivity contribution in [2.45, 2.75) is 18.9 Å². The Morgan fingerprint density at radius 1 is 1.17 bits per heavy atom. The third kappa shape index (κ3) is 2.98. The van der Waals surface area contributed by atoms with E-state index in [1.165, 1.54) is 12.1 Å².